The Kier molecular flexibility index (Phi) is 4.00. The molecule has 2 nitrogen and oxygen atoms in total. The van der Waals surface area contributed by atoms with Gasteiger partial charge < -0.3 is 5.32 Å². The van der Waals surface area contributed by atoms with E-state index in [1.54, 1.807) is 29.2 Å². The first-order valence-corrected chi connectivity index (χ1v) is 7.86. The lowest BCUT2D eigenvalue weighted by molar-refractivity contribution is 0.621. The smallest absolute Gasteiger partial charge is 0.155 e. The van der Waals surface area contributed by atoms with Gasteiger partial charge in [0.1, 0.15) is 5.82 Å². The Hall–Kier alpha value is -1.43. The number of halogens is 1. The molecule has 0 saturated carbocycles. The molecule has 0 spiro atoms. The van der Waals surface area contributed by atoms with E-state index in [1.165, 1.54) is 10.8 Å². The van der Waals surface area contributed by atoms with Gasteiger partial charge >= 0.3 is 0 Å². The number of thiazole rings is 1. The summed E-state index contributed by atoms with van der Waals surface area (Å²) in [7, 11) is 1.86. The largest absolute Gasteiger partial charge is 0.316 e. The molecule has 0 aliphatic rings. The van der Waals surface area contributed by atoms with Crippen LogP contribution in [0, 0.1) is 5.82 Å². The summed E-state index contributed by atoms with van der Waals surface area (Å²) in [4.78, 5) is 5.64. The number of nitrogens with one attached hydrogen (secondary N) is 1. The molecule has 0 fully saturated rings. The van der Waals surface area contributed by atoms with Crippen molar-refractivity contribution in [1.82, 2.24) is 10.3 Å². The molecule has 0 aliphatic carbocycles. The van der Waals surface area contributed by atoms with Crippen molar-refractivity contribution in [2.24, 2.45) is 0 Å². The van der Waals surface area contributed by atoms with E-state index in [-0.39, 0.29) is 5.82 Å². The molecular formula is C15H13FN2S2. The van der Waals surface area contributed by atoms with E-state index >= 15 is 0 Å². The van der Waals surface area contributed by atoms with Gasteiger partial charge in [-0.15, -0.1) is 11.3 Å². The molecule has 0 atom stereocenters. The van der Waals surface area contributed by atoms with Gasteiger partial charge in [0.25, 0.3) is 0 Å². The lowest BCUT2D eigenvalue weighted by atomic mass is 10.2. The van der Waals surface area contributed by atoms with Crippen molar-refractivity contribution in [3.05, 3.63) is 53.8 Å². The first-order chi connectivity index (χ1) is 9.76. The normalized spacial score (nSPS) is 11.1. The topological polar surface area (TPSA) is 24.9 Å². The number of para-hydroxylation sites is 1. The van der Waals surface area contributed by atoms with Crippen LogP contribution < -0.4 is 5.32 Å². The molecule has 5 heteroatoms. The Morgan fingerprint density at radius 3 is 2.90 bits per heavy atom. The third-order valence-electron chi connectivity index (χ3n) is 2.86. The van der Waals surface area contributed by atoms with Crippen LogP contribution in [0.5, 0.6) is 0 Å². The van der Waals surface area contributed by atoms with Crippen molar-refractivity contribution in [2.75, 3.05) is 7.05 Å². The van der Waals surface area contributed by atoms with Gasteiger partial charge in [0.15, 0.2) is 4.34 Å². The summed E-state index contributed by atoms with van der Waals surface area (Å²) in [5, 5.41) is 3.07. The molecule has 0 saturated heterocycles. The predicted octanol–water partition coefficient (Wildman–Crippen LogP) is 4.31. The van der Waals surface area contributed by atoms with E-state index < -0.39 is 0 Å². The molecule has 3 aromatic rings. The molecular weight excluding hydrogens is 291 g/mol. The molecule has 0 amide bonds. The maximum absolute atomic E-state index is 13.3. The van der Waals surface area contributed by atoms with E-state index in [4.69, 9.17) is 0 Å². The molecule has 0 aliphatic heterocycles. The average Bonchev–Trinajstić information content (AvgIpc) is 2.84. The molecule has 1 heterocycles. The Balaban J connectivity index is 1.93. The lowest BCUT2D eigenvalue weighted by Crippen LogP contribution is -2.06. The Bertz CT molecular complexity index is 707. The number of nitrogens with zero attached hydrogens (tertiary/aromatic N) is 1. The average molecular weight is 304 g/mol. The molecule has 20 heavy (non-hydrogen) atoms. The summed E-state index contributed by atoms with van der Waals surface area (Å²) in [5.74, 6) is -0.205. The van der Waals surface area contributed by atoms with E-state index in [9.17, 15) is 4.39 Å². The van der Waals surface area contributed by atoms with Gasteiger partial charge in [-0.3, -0.25) is 0 Å². The molecule has 1 aromatic heterocycles. The number of fused-ring (bicyclic) bond motifs is 1. The zero-order valence-electron chi connectivity index (χ0n) is 10.9. The third-order valence-corrected chi connectivity index (χ3v) is 5.08. The molecule has 1 N–H and O–H groups in total. The molecule has 0 bridgehead atoms. The van der Waals surface area contributed by atoms with E-state index in [0.29, 0.717) is 6.54 Å². The summed E-state index contributed by atoms with van der Waals surface area (Å²) in [6.07, 6.45) is 0. The Morgan fingerprint density at radius 1 is 1.25 bits per heavy atom. The van der Waals surface area contributed by atoms with Crippen LogP contribution in [-0.2, 0) is 6.54 Å². The van der Waals surface area contributed by atoms with Crippen LogP contribution in [-0.4, -0.2) is 12.0 Å². The third kappa shape index (κ3) is 2.85. The van der Waals surface area contributed by atoms with Gasteiger partial charge in [-0.2, -0.15) is 0 Å². The lowest BCUT2D eigenvalue weighted by Gasteiger charge is -2.07. The van der Waals surface area contributed by atoms with Crippen LogP contribution in [0.3, 0.4) is 0 Å². The minimum absolute atomic E-state index is 0.205. The van der Waals surface area contributed by atoms with Crippen LogP contribution in [0.4, 0.5) is 4.39 Å². The monoisotopic (exact) mass is 304 g/mol. The molecule has 2 aromatic carbocycles. The van der Waals surface area contributed by atoms with Crippen LogP contribution in [0.1, 0.15) is 5.56 Å². The molecule has 3 rings (SSSR count). The van der Waals surface area contributed by atoms with Gasteiger partial charge in [0.2, 0.25) is 0 Å². The van der Waals surface area contributed by atoms with Gasteiger partial charge in [-0.1, -0.05) is 23.9 Å². The van der Waals surface area contributed by atoms with Crippen LogP contribution in [0.25, 0.3) is 10.2 Å². The zero-order chi connectivity index (χ0) is 13.9. The van der Waals surface area contributed by atoms with Crippen molar-refractivity contribution < 1.29 is 4.39 Å². The number of aromatic nitrogens is 1. The molecule has 0 radical (unpaired) electrons. The van der Waals surface area contributed by atoms with E-state index in [1.807, 2.05) is 31.3 Å². The Labute approximate surface area is 125 Å². The summed E-state index contributed by atoms with van der Waals surface area (Å²) >= 11 is 3.25. The summed E-state index contributed by atoms with van der Waals surface area (Å²) < 4.78 is 15.5. The fourth-order valence-corrected chi connectivity index (χ4v) is 4.10. The maximum atomic E-state index is 13.3. The number of benzene rings is 2. The summed E-state index contributed by atoms with van der Waals surface area (Å²) in [5.41, 5.74) is 1.97. The van der Waals surface area contributed by atoms with Crippen molar-refractivity contribution in [3.63, 3.8) is 0 Å². The van der Waals surface area contributed by atoms with Crippen molar-refractivity contribution in [3.8, 4) is 0 Å². The first kappa shape index (κ1) is 13.5. The highest BCUT2D eigenvalue weighted by Crippen LogP contribution is 2.36. The number of rotatable bonds is 4. The van der Waals surface area contributed by atoms with Gasteiger partial charge in [0.05, 0.1) is 10.2 Å². The van der Waals surface area contributed by atoms with Gasteiger partial charge in [-0.25, -0.2) is 9.37 Å². The minimum Gasteiger partial charge on any atom is -0.316 e. The van der Waals surface area contributed by atoms with E-state index in [0.717, 1.165) is 20.3 Å². The highest BCUT2D eigenvalue weighted by Gasteiger charge is 2.09. The second kappa shape index (κ2) is 5.91. The van der Waals surface area contributed by atoms with Crippen LogP contribution in [0.2, 0.25) is 0 Å². The van der Waals surface area contributed by atoms with Gasteiger partial charge in [0, 0.05) is 11.4 Å². The fourth-order valence-electron chi connectivity index (χ4n) is 1.96. The second-order valence-electron chi connectivity index (χ2n) is 4.33. The summed E-state index contributed by atoms with van der Waals surface area (Å²) in [6.45, 7) is 0.644. The summed E-state index contributed by atoms with van der Waals surface area (Å²) in [6, 6.07) is 13.0. The predicted molar refractivity (Wildman–Crippen MR) is 82.9 cm³/mol. The zero-order valence-corrected chi connectivity index (χ0v) is 12.5. The maximum Gasteiger partial charge on any atom is 0.155 e. The highest BCUT2D eigenvalue weighted by atomic mass is 32.2. The quantitative estimate of drug-likeness (QED) is 0.777. The van der Waals surface area contributed by atoms with Gasteiger partial charge in [-0.05, 0) is 42.9 Å². The van der Waals surface area contributed by atoms with Crippen molar-refractivity contribution >= 4 is 33.3 Å². The first-order valence-electron chi connectivity index (χ1n) is 6.23. The highest BCUT2D eigenvalue weighted by molar-refractivity contribution is 8.01. The van der Waals surface area contributed by atoms with E-state index in [2.05, 4.69) is 16.4 Å². The standard InChI is InChI=1S/C15H13FN2S2/c1-17-9-10-8-11(16)6-7-13(10)19-15-18-12-4-2-3-5-14(12)20-15/h2-8,17H,9H2,1H3. The van der Waals surface area contributed by atoms with Crippen molar-refractivity contribution in [1.29, 1.82) is 0 Å². The fraction of sp³-hybridized carbons (Fsp3) is 0.133. The second-order valence-corrected chi connectivity index (χ2v) is 6.65. The SMILES string of the molecule is CNCc1cc(F)ccc1Sc1nc2ccccc2s1. The number of hydrogen-bond donors (Lipinski definition) is 1. The van der Waals surface area contributed by atoms with Crippen LogP contribution in [0.15, 0.2) is 51.7 Å². The molecule has 102 valence electrons. The molecule has 0 unspecified atom stereocenters. The Morgan fingerprint density at radius 2 is 2.10 bits per heavy atom. The number of hydrogen-bond acceptors (Lipinski definition) is 4. The van der Waals surface area contributed by atoms with Crippen molar-refractivity contribution in [2.45, 2.75) is 15.8 Å². The van der Waals surface area contributed by atoms with Crippen LogP contribution >= 0.6 is 23.1 Å². The minimum atomic E-state index is -0.205.